The van der Waals surface area contributed by atoms with Gasteiger partial charge in [0.15, 0.2) is 0 Å². The molecule has 0 fully saturated rings. The van der Waals surface area contributed by atoms with Crippen LogP contribution in [-0.2, 0) is 17.8 Å². The molecule has 0 saturated heterocycles. The molecule has 1 atom stereocenters. The number of unbranched alkanes of at least 4 members (excludes halogenated alkanes) is 1. The van der Waals surface area contributed by atoms with Gasteiger partial charge in [-0.15, -0.1) is 0 Å². The SMILES string of the molecule is CCCC[C@H](Cc1ccc(OCc2ccccc2)cc1)C(=O)O. The zero-order chi connectivity index (χ0) is 16.5. The predicted octanol–water partition coefficient (Wildman–Crippen LogP) is 4.70. The molecule has 0 unspecified atom stereocenters. The summed E-state index contributed by atoms with van der Waals surface area (Å²) in [4.78, 5) is 11.3. The van der Waals surface area contributed by atoms with Crippen LogP contribution in [0, 0.1) is 5.92 Å². The molecule has 0 spiro atoms. The number of carboxylic acids is 1. The van der Waals surface area contributed by atoms with Crippen molar-refractivity contribution in [1.29, 1.82) is 0 Å². The molecule has 0 amide bonds. The summed E-state index contributed by atoms with van der Waals surface area (Å²) in [7, 11) is 0. The van der Waals surface area contributed by atoms with E-state index in [-0.39, 0.29) is 5.92 Å². The summed E-state index contributed by atoms with van der Waals surface area (Å²) in [6.07, 6.45) is 3.29. The maximum atomic E-state index is 11.3. The van der Waals surface area contributed by atoms with E-state index in [4.69, 9.17) is 4.74 Å². The summed E-state index contributed by atoms with van der Waals surface area (Å²) in [5, 5.41) is 9.30. The first-order chi connectivity index (χ1) is 11.2. The number of rotatable bonds is 9. The van der Waals surface area contributed by atoms with Crippen molar-refractivity contribution in [2.45, 2.75) is 39.2 Å². The van der Waals surface area contributed by atoms with E-state index in [1.54, 1.807) is 0 Å². The van der Waals surface area contributed by atoms with Gasteiger partial charge in [-0.3, -0.25) is 4.79 Å². The van der Waals surface area contributed by atoms with Crippen LogP contribution in [0.3, 0.4) is 0 Å². The van der Waals surface area contributed by atoms with Gasteiger partial charge in [-0.25, -0.2) is 0 Å². The molecule has 0 heterocycles. The Hall–Kier alpha value is -2.29. The Morgan fingerprint density at radius 2 is 1.74 bits per heavy atom. The lowest BCUT2D eigenvalue weighted by atomic mass is 9.94. The van der Waals surface area contributed by atoms with Gasteiger partial charge in [0.25, 0.3) is 0 Å². The molecule has 3 heteroatoms. The monoisotopic (exact) mass is 312 g/mol. The molecule has 0 saturated carbocycles. The zero-order valence-corrected chi connectivity index (χ0v) is 13.6. The van der Waals surface area contributed by atoms with Gasteiger partial charge in [0.05, 0.1) is 5.92 Å². The Balaban J connectivity index is 1.89. The van der Waals surface area contributed by atoms with E-state index in [2.05, 4.69) is 6.92 Å². The van der Waals surface area contributed by atoms with Gasteiger partial charge >= 0.3 is 5.97 Å². The number of hydrogen-bond donors (Lipinski definition) is 1. The number of ether oxygens (including phenoxy) is 1. The summed E-state index contributed by atoms with van der Waals surface area (Å²) in [5.74, 6) is -0.202. The molecule has 2 aromatic rings. The molecule has 0 aromatic heterocycles. The number of carbonyl (C=O) groups is 1. The third kappa shape index (κ3) is 5.78. The molecule has 2 aromatic carbocycles. The Bertz CT molecular complexity index is 590. The fourth-order valence-corrected chi connectivity index (χ4v) is 2.51. The van der Waals surface area contributed by atoms with Gasteiger partial charge in [-0.2, -0.15) is 0 Å². The van der Waals surface area contributed by atoms with Gasteiger partial charge in [0.1, 0.15) is 12.4 Å². The lowest BCUT2D eigenvalue weighted by Gasteiger charge is -2.12. The van der Waals surface area contributed by atoms with E-state index in [1.807, 2.05) is 54.6 Å². The highest BCUT2D eigenvalue weighted by Crippen LogP contribution is 2.19. The van der Waals surface area contributed by atoms with Gasteiger partial charge in [0, 0.05) is 0 Å². The standard InChI is InChI=1S/C20H24O3/c1-2-3-9-18(20(21)22)14-16-10-12-19(13-11-16)23-15-17-7-5-4-6-8-17/h4-8,10-13,18H,2-3,9,14-15H2,1H3,(H,21,22)/t18-/m1/s1. The summed E-state index contributed by atoms with van der Waals surface area (Å²) >= 11 is 0. The molecule has 122 valence electrons. The van der Waals surface area contributed by atoms with Crippen molar-refractivity contribution < 1.29 is 14.6 Å². The topological polar surface area (TPSA) is 46.5 Å². The van der Waals surface area contributed by atoms with Crippen molar-refractivity contribution in [2.24, 2.45) is 5.92 Å². The minimum atomic E-state index is -0.706. The number of aliphatic carboxylic acids is 1. The number of benzene rings is 2. The summed E-state index contributed by atoms with van der Waals surface area (Å²) < 4.78 is 5.75. The smallest absolute Gasteiger partial charge is 0.306 e. The van der Waals surface area contributed by atoms with Gasteiger partial charge in [0.2, 0.25) is 0 Å². The Labute approximate surface area is 137 Å². The van der Waals surface area contributed by atoms with Crippen LogP contribution in [-0.4, -0.2) is 11.1 Å². The van der Waals surface area contributed by atoms with Crippen LogP contribution in [0.15, 0.2) is 54.6 Å². The molecule has 0 aliphatic rings. The van der Waals surface area contributed by atoms with Crippen LogP contribution in [0.25, 0.3) is 0 Å². The summed E-state index contributed by atoms with van der Waals surface area (Å²) in [6.45, 7) is 2.62. The fraction of sp³-hybridized carbons (Fsp3) is 0.350. The van der Waals surface area contributed by atoms with E-state index < -0.39 is 5.97 Å². The largest absolute Gasteiger partial charge is 0.489 e. The molecule has 3 nitrogen and oxygen atoms in total. The Kier molecular flexibility index (Phi) is 6.67. The molecule has 23 heavy (non-hydrogen) atoms. The first kappa shape index (κ1) is 17.1. The van der Waals surface area contributed by atoms with Gasteiger partial charge in [-0.05, 0) is 36.1 Å². The minimum absolute atomic E-state index is 0.300. The molecule has 0 radical (unpaired) electrons. The summed E-state index contributed by atoms with van der Waals surface area (Å²) in [6, 6.07) is 17.8. The highest BCUT2D eigenvalue weighted by atomic mass is 16.5. The fourth-order valence-electron chi connectivity index (χ4n) is 2.51. The number of hydrogen-bond acceptors (Lipinski definition) is 2. The minimum Gasteiger partial charge on any atom is -0.489 e. The van der Waals surface area contributed by atoms with Crippen LogP contribution in [0.5, 0.6) is 5.75 Å². The summed E-state index contributed by atoms with van der Waals surface area (Å²) in [5.41, 5.74) is 2.17. The van der Waals surface area contributed by atoms with E-state index in [9.17, 15) is 9.90 Å². The van der Waals surface area contributed by atoms with Crippen molar-refractivity contribution in [3.63, 3.8) is 0 Å². The lowest BCUT2D eigenvalue weighted by molar-refractivity contribution is -0.141. The normalized spacial score (nSPS) is 11.9. The zero-order valence-electron chi connectivity index (χ0n) is 13.6. The predicted molar refractivity (Wildman–Crippen MR) is 91.6 cm³/mol. The molecular formula is C20H24O3. The van der Waals surface area contributed by atoms with Crippen molar-refractivity contribution >= 4 is 5.97 Å². The molecule has 0 aliphatic heterocycles. The van der Waals surface area contributed by atoms with Crippen LogP contribution in [0.2, 0.25) is 0 Å². The lowest BCUT2D eigenvalue weighted by Crippen LogP contribution is -2.16. The van der Waals surface area contributed by atoms with E-state index in [1.165, 1.54) is 0 Å². The Morgan fingerprint density at radius 3 is 2.35 bits per heavy atom. The van der Waals surface area contributed by atoms with Crippen LogP contribution in [0.4, 0.5) is 0 Å². The molecule has 1 N–H and O–H groups in total. The third-order valence-corrected chi connectivity index (χ3v) is 3.91. The second-order valence-corrected chi connectivity index (χ2v) is 5.80. The van der Waals surface area contributed by atoms with Crippen molar-refractivity contribution in [3.05, 3.63) is 65.7 Å². The molecule has 0 aliphatic carbocycles. The van der Waals surface area contributed by atoms with Crippen LogP contribution in [0.1, 0.15) is 37.3 Å². The molecule has 2 rings (SSSR count). The first-order valence-electron chi connectivity index (χ1n) is 8.17. The second kappa shape index (κ2) is 8.99. The van der Waals surface area contributed by atoms with Crippen molar-refractivity contribution in [2.75, 3.05) is 0 Å². The average Bonchev–Trinajstić information content (AvgIpc) is 2.58. The maximum absolute atomic E-state index is 11.3. The number of carboxylic acid groups (broad SMARTS) is 1. The van der Waals surface area contributed by atoms with Crippen LogP contribution < -0.4 is 4.74 Å². The van der Waals surface area contributed by atoms with Crippen molar-refractivity contribution in [1.82, 2.24) is 0 Å². The van der Waals surface area contributed by atoms with Gasteiger partial charge in [-0.1, -0.05) is 62.2 Å². The second-order valence-electron chi connectivity index (χ2n) is 5.80. The highest BCUT2D eigenvalue weighted by Gasteiger charge is 2.17. The average molecular weight is 312 g/mol. The van der Waals surface area contributed by atoms with E-state index >= 15 is 0 Å². The van der Waals surface area contributed by atoms with E-state index in [0.717, 1.165) is 36.1 Å². The van der Waals surface area contributed by atoms with Crippen LogP contribution >= 0.6 is 0 Å². The maximum Gasteiger partial charge on any atom is 0.306 e. The van der Waals surface area contributed by atoms with E-state index in [0.29, 0.717) is 13.0 Å². The third-order valence-electron chi connectivity index (χ3n) is 3.91. The van der Waals surface area contributed by atoms with Crippen molar-refractivity contribution in [3.8, 4) is 5.75 Å². The molecular weight excluding hydrogens is 288 g/mol. The molecule has 0 bridgehead atoms. The highest BCUT2D eigenvalue weighted by molar-refractivity contribution is 5.70. The first-order valence-corrected chi connectivity index (χ1v) is 8.17. The quantitative estimate of drug-likeness (QED) is 0.730. The van der Waals surface area contributed by atoms with Gasteiger partial charge < -0.3 is 9.84 Å². The Morgan fingerprint density at radius 1 is 1.04 bits per heavy atom.